The van der Waals surface area contributed by atoms with Gasteiger partial charge in [0.25, 0.3) is 0 Å². The normalized spacial score (nSPS) is 31.3. The second-order valence-corrected chi connectivity index (χ2v) is 3.18. The van der Waals surface area contributed by atoms with Crippen LogP contribution in [0.1, 0.15) is 12.8 Å². The first kappa shape index (κ1) is 8.54. The average Bonchev–Trinajstić information content (AvgIpc) is 2.06. The molecule has 1 aliphatic rings. The van der Waals surface area contributed by atoms with Gasteiger partial charge in [0.15, 0.2) is 0 Å². The van der Waals surface area contributed by atoms with Crippen molar-refractivity contribution in [3.8, 4) is 0 Å². The predicted molar refractivity (Wildman–Crippen MR) is 49.5 cm³/mol. The Morgan fingerprint density at radius 1 is 1.45 bits per heavy atom. The van der Waals surface area contributed by atoms with Crippen molar-refractivity contribution in [2.45, 2.75) is 12.8 Å². The SMILES string of the molecule is C=CCC1CCNCC1C=C. The molecule has 0 aliphatic carbocycles. The molecule has 2 atom stereocenters. The maximum atomic E-state index is 3.84. The van der Waals surface area contributed by atoms with Crippen LogP contribution in [0, 0.1) is 11.8 Å². The molecule has 1 N–H and O–H groups in total. The van der Waals surface area contributed by atoms with E-state index in [0.29, 0.717) is 5.92 Å². The molecule has 0 saturated carbocycles. The van der Waals surface area contributed by atoms with Gasteiger partial charge in [-0.2, -0.15) is 0 Å². The second kappa shape index (κ2) is 4.35. The average molecular weight is 151 g/mol. The summed E-state index contributed by atoms with van der Waals surface area (Å²) in [5, 5.41) is 3.37. The Hall–Kier alpha value is -0.560. The topological polar surface area (TPSA) is 12.0 Å². The quantitative estimate of drug-likeness (QED) is 0.608. The highest BCUT2D eigenvalue weighted by Crippen LogP contribution is 2.23. The third-order valence-corrected chi connectivity index (χ3v) is 2.45. The molecule has 1 rings (SSSR count). The lowest BCUT2D eigenvalue weighted by Gasteiger charge is -2.29. The molecule has 0 radical (unpaired) electrons. The molecule has 1 nitrogen and oxygen atoms in total. The predicted octanol–water partition coefficient (Wildman–Crippen LogP) is 1.97. The van der Waals surface area contributed by atoms with Crippen LogP contribution in [0.5, 0.6) is 0 Å². The number of piperidine rings is 1. The van der Waals surface area contributed by atoms with Crippen molar-refractivity contribution in [1.29, 1.82) is 0 Å². The van der Waals surface area contributed by atoms with Crippen LogP contribution >= 0.6 is 0 Å². The number of hydrogen-bond donors (Lipinski definition) is 1. The van der Waals surface area contributed by atoms with Crippen LogP contribution in [0.4, 0.5) is 0 Å². The molecule has 0 amide bonds. The van der Waals surface area contributed by atoms with Gasteiger partial charge >= 0.3 is 0 Å². The van der Waals surface area contributed by atoms with E-state index in [1.165, 1.54) is 6.42 Å². The largest absolute Gasteiger partial charge is 0.316 e. The van der Waals surface area contributed by atoms with Crippen molar-refractivity contribution in [1.82, 2.24) is 5.32 Å². The van der Waals surface area contributed by atoms with Gasteiger partial charge in [-0.25, -0.2) is 0 Å². The van der Waals surface area contributed by atoms with E-state index in [-0.39, 0.29) is 0 Å². The van der Waals surface area contributed by atoms with E-state index in [1.807, 2.05) is 6.08 Å². The van der Waals surface area contributed by atoms with Gasteiger partial charge in [-0.3, -0.25) is 0 Å². The van der Waals surface area contributed by atoms with Gasteiger partial charge in [0.2, 0.25) is 0 Å². The minimum atomic E-state index is 0.654. The van der Waals surface area contributed by atoms with Gasteiger partial charge in [0.05, 0.1) is 0 Å². The monoisotopic (exact) mass is 151 g/mol. The summed E-state index contributed by atoms with van der Waals surface area (Å²) in [5.41, 5.74) is 0. The van der Waals surface area contributed by atoms with Crippen LogP contribution < -0.4 is 5.32 Å². The molecule has 2 unspecified atom stereocenters. The maximum absolute atomic E-state index is 3.84. The Morgan fingerprint density at radius 2 is 2.27 bits per heavy atom. The summed E-state index contributed by atoms with van der Waals surface area (Å²) >= 11 is 0. The van der Waals surface area contributed by atoms with Gasteiger partial charge in [-0.1, -0.05) is 12.2 Å². The van der Waals surface area contributed by atoms with Crippen molar-refractivity contribution in [2.24, 2.45) is 11.8 Å². The number of nitrogens with one attached hydrogen (secondary N) is 1. The standard InChI is InChI=1S/C10H17N/c1-3-5-10-6-7-11-8-9(10)4-2/h3-4,9-11H,1-2,5-8H2. The Balaban J connectivity index is 2.43. The van der Waals surface area contributed by atoms with Gasteiger partial charge < -0.3 is 5.32 Å². The summed E-state index contributed by atoms with van der Waals surface area (Å²) in [6.07, 6.45) is 6.49. The molecule has 0 bridgehead atoms. The molecule has 11 heavy (non-hydrogen) atoms. The van der Waals surface area contributed by atoms with Crippen LogP contribution in [0.25, 0.3) is 0 Å². The molecule has 0 aromatic rings. The van der Waals surface area contributed by atoms with Crippen LogP contribution in [0.2, 0.25) is 0 Å². The third kappa shape index (κ3) is 2.19. The zero-order chi connectivity index (χ0) is 8.10. The zero-order valence-electron chi connectivity index (χ0n) is 7.05. The lowest BCUT2D eigenvalue weighted by Crippen LogP contribution is -2.35. The molecule has 1 fully saturated rings. The van der Waals surface area contributed by atoms with E-state index in [9.17, 15) is 0 Å². The lowest BCUT2D eigenvalue weighted by atomic mass is 9.84. The van der Waals surface area contributed by atoms with Gasteiger partial charge in [-0.15, -0.1) is 13.2 Å². The number of allylic oxidation sites excluding steroid dienone is 1. The molecule has 1 aliphatic heterocycles. The van der Waals surface area contributed by atoms with Crippen molar-refractivity contribution < 1.29 is 0 Å². The number of hydrogen-bond acceptors (Lipinski definition) is 1. The van der Waals surface area contributed by atoms with Gasteiger partial charge in [0, 0.05) is 6.54 Å². The Labute approximate surface area is 69.2 Å². The van der Waals surface area contributed by atoms with Crippen LogP contribution in [0.3, 0.4) is 0 Å². The first-order valence-electron chi connectivity index (χ1n) is 4.32. The first-order valence-corrected chi connectivity index (χ1v) is 4.32. The minimum absolute atomic E-state index is 0.654. The molecular weight excluding hydrogens is 134 g/mol. The summed E-state index contributed by atoms with van der Waals surface area (Å²) < 4.78 is 0. The fourth-order valence-electron chi connectivity index (χ4n) is 1.72. The molecule has 62 valence electrons. The summed E-state index contributed by atoms with van der Waals surface area (Å²) in [4.78, 5) is 0. The summed E-state index contributed by atoms with van der Waals surface area (Å²) in [6, 6.07) is 0. The van der Waals surface area contributed by atoms with E-state index in [0.717, 1.165) is 25.4 Å². The zero-order valence-corrected chi connectivity index (χ0v) is 7.05. The summed E-state index contributed by atoms with van der Waals surface area (Å²) in [7, 11) is 0. The van der Waals surface area contributed by atoms with E-state index in [2.05, 4.69) is 24.6 Å². The highest BCUT2D eigenvalue weighted by molar-refractivity contribution is 4.92. The summed E-state index contributed by atoms with van der Waals surface area (Å²) in [6.45, 7) is 9.87. The molecular formula is C10H17N. The van der Waals surface area contributed by atoms with E-state index >= 15 is 0 Å². The van der Waals surface area contributed by atoms with Gasteiger partial charge in [-0.05, 0) is 31.2 Å². The highest BCUT2D eigenvalue weighted by Gasteiger charge is 2.20. The Morgan fingerprint density at radius 3 is 2.91 bits per heavy atom. The fraction of sp³-hybridized carbons (Fsp3) is 0.600. The fourth-order valence-corrected chi connectivity index (χ4v) is 1.72. The second-order valence-electron chi connectivity index (χ2n) is 3.18. The molecule has 1 saturated heterocycles. The molecule has 1 heterocycles. The lowest BCUT2D eigenvalue weighted by molar-refractivity contribution is 0.304. The van der Waals surface area contributed by atoms with Crippen molar-refractivity contribution in [3.05, 3.63) is 25.3 Å². The van der Waals surface area contributed by atoms with Crippen LogP contribution in [-0.2, 0) is 0 Å². The maximum Gasteiger partial charge on any atom is 0.00169 e. The van der Waals surface area contributed by atoms with Crippen molar-refractivity contribution >= 4 is 0 Å². The van der Waals surface area contributed by atoms with Crippen molar-refractivity contribution in [3.63, 3.8) is 0 Å². The minimum Gasteiger partial charge on any atom is -0.316 e. The van der Waals surface area contributed by atoms with Crippen molar-refractivity contribution in [2.75, 3.05) is 13.1 Å². The first-order chi connectivity index (χ1) is 5.38. The molecule has 1 heteroatoms. The Bertz CT molecular complexity index is 140. The molecule has 0 aromatic carbocycles. The molecule has 0 spiro atoms. The third-order valence-electron chi connectivity index (χ3n) is 2.45. The van der Waals surface area contributed by atoms with Gasteiger partial charge in [0.1, 0.15) is 0 Å². The molecule has 0 aromatic heterocycles. The summed E-state index contributed by atoms with van der Waals surface area (Å²) in [5.74, 6) is 1.44. The van der Waals surface area contributed by atoms with E-state index in [1.54, 1.807) is 0 Å². The number of rotatable bonds is 3. The smallest absolute Gasteiger partial charge is 0.00169 e. The van der Waals surface area contributed by atoms with E-state index < -0.39 is 0 Å². The van der Waals surface area contributed by atoms with Crippen LogP contribution in [0.15, 0.2) is 25.3 Å². The van der Waals surface area contributed by atoms with E-state index in [4.69, 9.17) is 0 Å². The highest BCUT2D eigenvalue weighted by atomic mass is 14.9. The Kier molecular flexibility index (Phi) is 3.37. The van der Waals surface area contributed by atoms with Crippen LogP contribution in [-0.4, -0.2) is 13.1 Å².